The molecule has 19 nitrogen and oxygen atoms in total. The molecular formula is C35H39N7O12S. The molecule has 292 valence electrons. The summed E-state index contributed by atoms with van der Waals surface area (Å²) in [5, 5.41) is 32.8. The van der Waals surface area contributed by atoms with E-state index < -0.39 is 28.6 Å². The molecule has 0 radical (unpaired) electrons. The van der Waals surface area contributed by atoms with Crippen LogP contribution in [-0.2, 0) is 51.0 Å². The highest BCUT2D eigenvalue weighted by atomic mass is 32.2. The maximum absolute atomic E-state index is 13.6. The van der Waals surface area contributed by atoms with Gasteiger partial charge in [-0.3, -0.25) is 0 Å². The highest BCUT2D eigenvalue weighted by Crippen LogP contribution is 2.31. The van der Waals surface area contributed by atoms with Crippen LogP contribution in [0.5, 0.6) is 0 Å². The first-order valence-electron chi connectivity index (χ1n) is 17.0. The van der Waals surface area contributed by atoms with Gasteiger partial charge in [0.2, 0.25) is 12.6 Å². The molecule has 0 saturated heterocycles. The second-order valence-corrected chi connectivity index (χ2v) is 13.6. The quantitative estimate of drug-likeness (QED) is 0.0517. The monoisotopic (exact) mass is 781 g/mol. The summed E-state index contributed by atoms with van der Waals surface area (Å²) in [6.45, 7) is 6.11. The van der Waals surface area contributed by atoms with Crippen molar-refractivity contribution in [1.29, 1.82) is 0 Å². The molecule has 0 aliphatic carbocycles. The highest BCUT2D eigenvalue weighted by Gasteiger charge is 2.33. The molecule has 0 spiro atoms. The van der Waals surface area contributed by atoms with Gasteiger partial charge in [-0.25, -0.2) is 19.4 Å². The molecule has 55 heavy (non-hydrogen) atoms. The van der Waals surface area contributed by atoms with Crippen molar-refractivity contribution in [3.63, 3.8) is 0 Å². The number of benzene rings is 2. The number of imidazole rings is 1. The van der Waals surface area contributed by atoms with Gasteiger partial charge in [-0.2, -0.15) is 11.8 Å². The normalized spacial score (nSPS) is 11.4. The topological polar surface area (TPSA) is 239 Å². The lowest BCUT2D eigenvalue weighted by Gasteiger charge is -2.17. The van der Waals surface area contributed by atoms with Crippen LogP contribution in [-0.4, -0.2) is 76.8 Å². The second-order valence-electron chi connectivity index (χ2n) is 12.4. The molecule has 0 unspecified atom stereocenters. The van der Waals surface area contributed by atoms with E-state index in [2.05, 4.69) is 25.2 Å². The first kappa shape index (κ1) is 40.2. The number of esters is 1. The van der Waals surface area contributed by atoms with Crippen LogP contribution in [0.15, 0.2) is 62.2 Å². The molecule has 3 heterocycles. The summed E-state index contributed by atoms with van der Waals surface area (Å²) in [5.74, 6) is 0.270. The number of nitrogens with zero attached hydrogens (tertiary/aromatic N) is 7. The molecule has 0 atom stereocenters. The van der Waals surface area contributed by atoms with Crippen LogP contribution >= 0.6 is 11.8 Å². The van der Waals surface area contributed by atoms with Gasteiger partial charge in [-0.05, 0) is 49.1 Å². The van der Waals surface area contributed by atoms with Gasteiger partial charge in [0.05, 0.1) is 0 Å². The van der Waals surface area contributed by atoms with Gasteiger partial charge in [0, 0.05) is 30.0 Å². The van der Waals surface area contributed by atoms with Crippen LogP contribution in [0.3, 0.4) is 0 Å². The summed E-state index contributed by atoms with van der Waals surface area (Å²) in [5.41, 5.74) is 1.92. The number of aromatic nitrogens is 6. The number of tetrazole rings is 1. The first-order chi connectivity index (χ1) is 26.3. The SMILES string of the molecule is CCCc1nc(C(C)(C)O)c(C(=O)OCc2oc(=O)oc2C)n1Cc1ccc(-c2ccccc2-c2nnn(COC(=O)OCCSCCO[N+](=O)[O-])n2)cc1. The number of aliphatic hydroxyl groups is 1. The molecule has 20 heteroatoms. The van der Waals surface area contributed by atoms with Crippen LogP contribution < -0.4 is 5.82 Å². The second kappa shape index (κ2) is 18.3. The third-order valence-electron chi connectivity index (χ3n) is 7.86. The Morgan fingerprint density at radius 1 is 1.02 bits per heavy atom. The summed E-state index contributed by atoms with van der Waals surface area (Å²) < 4.78 is 27.2. The van der Waals surface area contributed by atoms with Gasteiger partial charge in [0.1, 0.15) is 30.3 Å². The largest absolute Gasteiger partial charge is 0.519 e. The molecule has 0 bridgehead atoms. The van der Waals surface area contributed by atoms with Gasteiger partial charge in [0.15, 0.2) is 23.8 Å². The van der Waals surface area contributed by atoms with Crippen molar-refractivity contribution in [2.24, 2.45) is 0 Å². The van der Waals surface area contributed by atoms with E-state index in [0.29, 0.717) is 35.1 Å². The molecule has 0 aliphatic rings. The van der Waals surface area contributed by atoms with Crippen molar-refractivity contribution < 1.29 is 47.7 Å². The number of hydrogen-bond acceptors (Lipinski definition) is 17. The number of carbonyl (C=O) groups excluding carboxylic acids is 2. The van der Waals surface area contributed by atoms with E-state index in [-0.39, 0.29) is 56.0 Å². The molecule has 0 aliphatic heterocycles. The first-order valence-corrected chi connectivity index (χ1v) is 18.2. The Balaban J connectivity index is 1.27. The zero-order valence-electron chi connectivity index (χ0n) is 30.5. The number of carbonyl (C=O) groups is 2. The Morgan fingerprint density at radius 3 is 2.42 bits per heavy atom. The van der Waals surface area contributed by atoms with Crippen LogP contribution in [0, 0.1) is 17.0 Å². The smallest absolute Gasteiger partial charge is 0.453 e. The molecule has 0 amide bonds. The summed E-state index contributed by atoms with van der Waals surface area (Å²) in [6, 6.07) is 15.1. The van der Waals surface area contributed by atoms with Crippen LogP contribution in [0.4, 0.5) is 4.79 Å². The maximum Gasteiger partial charge on any atom is 0.519 e. The highest BCUT2D eigenvalue weighted by molar-refractivity contribution is 7.99. The number of ether oxygens (including phenoxy) is 3. The fraction of sp³-hybridized carbons (Fsp3) is 0.400. The minimum Gasteiger partial charge on any atom is -0.453 e. The third-order valence-corrected chi connectivity index (χ3v) is 8.77. The minimum atomic E-state index is -1.47. The average Bonchev–Trinajstić information content (AvgIpc) is 3.86. The molecule has 0 saturated carbocycles. The summed E-state index contributed by atoms with van der Waals surface area (Å²) in [6.07, 6.45) is 0.327. The van der Waals surface area contributed by atoms with Crippen molar-refractivity contribution >= 4 is 23.9 Å². The van der Waals surface area contributed by atoms with E-state index in [9.17, 15) is 29.6 Å². The standard InChI is InChI=1S/C35H39N7O12S/c1-5-8-28-36-30(35(3,4)46)29(32(43)50-20-27-22(2)53-34(45)54-27)40(28)19-23-11-13-24(14-12-23)25-9-6-7-10-26(25)31-37-39-41(38-31)21-51-33(44)49-15-17-55-18-16-52-42(47)48/h6-7,9-14,46H,5,8,15-21H2,1-4H3. The van der Waals surface area contributed by atoms with E-state index in [0.717, 1.165) is 27.9 Å². The summed E-state index contributed by atoms with van der Waals surface area (Å²) in [7, 11) is 0. The van der Waals surface area contributed by atoms with Crippen molar-refractivity contribution in [3.05, 3.63) is 104 Å². The molecule has 2 aromatic carbocycles. The fourth-order valence-corrected chi connectivity index (χ4v) is 5.94. The number of thioether (sulfide) groups is 1. The lowest BCUT2D eigenvalue weighted by Crippen LogP contribution is -2.23. The lowest BCUT2D eigenvalue weighted by molar-refractivity contribution is -0.756. The Hall–Kier alpha value is -6.02. The van der Waals surface area contributed by atoms with Crippen molar-refractivity contribution in [3.8, 4) is 22.5 Å². The van der Waals surface area contributed by atoms with E-state index in [1.54, 1.807) is 18.4 Å². The predicted molar refractivity (Wildman–Crippen MR) is 193 cm³/mol. The van der Waals surface area contributed by atoms with Gasteiger partial charge >= 0.3 is 17.9 Å². The maximum atomic E-state index is 13.6. The zero-order valence-corrected chi connectivity index (χ0v) is 31.3. The molecule has 5 rings (SSSR count). The van der Waals surface area contributed by atoms with E-state index >= 15 is 0 Å². The van der Waals surface area contributed by atoms with Gasteiger partial charge < -0.3 is 37.6 Å². The summed E-state index contributed by atoms with van der Waals surface area (Å²) >= 11 is 1.32. The molecule has 3 aromatic heterocycles. The zero-order chi connectivity index (χ0) is 39.5. The Bertz CT molecular complexity index is 2150. The van der Waals surface area contributed by atoms with Gasteiger partial charge in [0.25, 0.3) is 5.09 Å². The Kier molecular flexibility index (Phi) is 13.4. The van der Waals surface area contributed by atoms with E-state index in [1.165, 1.54) is 18.7 Å². The molecule has 0 fully saturated rings. The van der Waals surface area contributed by atoms with Gasteiger partial charge in [-0.15, -0.1) is 25.1 Å². The summed E-state index contributed by atoms with van der Waals surface area (Å²) in [4.78, 5) is 57.2. The van der Waals surface area contributed by atoms with Crippen molar-refractivity contribution in [2.45, 2.75) is 66.0 Å². The molecule has 1 N–H and O–H groups in total. The van der Waals surface area contributed by atoms with E-state index in [4.69, 9.17) is 23.0 Å². The van der Waals surface area contributed by atoms with E-state index in [1.807, 2.05) is 55.5 Å². The van der Waals surface area contributed by atoms with Crippen LogP contribution in [0.2, 0.25) is 0 Å². The average molecular weight is 782 g/mol. The number of rotatable bonds is 19. The predicted octanol–water partition coefficient (Wildman–Crippen LogP) is 4.70. The van der Waals surface area contributed by atoms with Crippen LogP contribution in [0.25, 0.3) is 22.5 Å². The third kappa shape index (κ3) is 10.8. The molecular weight excluding hydrogens is 742 g/mol. The van der Waals surface area contributed by atoms with Gasteiger partial charge in [-0.1, -0.05) is 55.5 Å². The van der Waals surface area contributed by atoms with Crippen molar-refractivity contribution in [1.82, 2.24) is 29.8 Å². The Labute approximate surface area is 317 Å². The fourth-order valence-electron chi connectivity index (χ4n) is 5.34. The number of hydrogen-bond donors (Lipinski definition) is 1. The van der Waals surface area contributed by atoms with Crippen molar-refractivity contribution in [2.75, 3.05) is 24.7 Å². The molecule has 5 aromatic rings. The Morgan fingerprint density at radius 2 is 1.75 bits per heavy atom. The number of aryl methyl sites for hydroxylation is 2. The van der Waals surface area contributed by atoms with Crippen LogP contribution in [0.1, 0.15) is 66.3 Å². The lowest BCUT2D eigenvalue weighted by atomic mass is 9.98. The minimum absolute atomic E-state index is 0.0381.